The molecule has 0 fully saturated rings. The topological polar surface area (TPSA) is 38.4 Å². The highest BCUT2D eigenvalue weighted by Gasteiger charge is 2.30. The molecule has 2 nitrogen and oxygen atoms in total. The van der Waals surface area contributed by atoms with Gasteiger partial charge in [0.25, 0.3) is 0 Å². The molecule has 0 spiro atoms. The van der Waals surface area contributed by atoms with Gasteiger partial charge in [-0.15, -0.1) is 0 Å². The third-order valence-electron chi connectivity index (χ3n) is 3.61. The number of aryl methyl sites for hydroxylation is 1. The molecule has 1 aliphatic heterocycles. The first-order valence-electron chi connectivity index (χ1n) is 5.98. The Labute approximate surface area is 114 Å². The smallest absolute Gasteiger partial charge is 0.154 e. The molecule has 0 aromatic heterocycles. The van der Waals surface area contributed by atoms with Crippen LogP contribution < -0.4 is 5.73 Å². The number of fused-ring (bicyclic) bond motifs is 3. The van der Waals surface area contributed by atoms with E-state index in [-0.39, 0.29) is 6.04 Å². The molecule has 17 heavy (non-hydrogen) atoms. The molecule has 0 amide bonds. The van der Waals surface area contributed by atoms with Gasteiger partial charge in [-0.25, -0.2) is 0 Å². The maximum Gasteiger partial charge on any atom is 0.154 e. The van der Waals surface area contributed by atoms with Crippen molar-refractivity contribution in [2.45, 2.75) is 25.3 Å². The summed E-state index contributed by atoms with van der Waals surface area (Å²) in [4.78, 5) is 4.68. The first-order chi connectivity index (χ1) is 8.24. The summed E-state index contributed by atoms with van der Waals surface area (Å²) in [6.07, 6.45) is 3.71. The van der Waals surface area contributed by atoms with Crippen LogP contribution in [0.15, 0.2) is 27.7 Å². The van der Waals surface area contributed by atoms with E-state index in [9.17, 15) is 0 Å². The Kier molecular flexibility index (Phi) is 3.17. The minimum atomic E-state index is 0.284. The molecule has 0 bridgehead atoms. The van der Waals surface area contributed by atoms with Crippen molar-refractivity contribution in [3.63, 3.8) is 0 Å². The zero-order chi connectivity index (χ0) is 11.8. The minimum Gasteiger partial charge on any atom is -0.379 e. The normalized spacial score (nSPS) is 27.7. The Bertz CT molecular complexity index is 472. The van der Waals surface area contributed by atoms with Crippen molar-refractivity contribution in [1.29, 1.82) is 0 Å². The van der Waals surface area contributed by atoms with E-state index < -0.39 is 0 Å². The van der Waals surface area contributed by atoms with Gasteiger partial charge in [0.05, 0.1) is 6.04 Å². The molecular weight excluding hydrogens is 296 g/mol. The standard InChI is InChI=1S/C13H15BrN2S/c14-10-5-4-8-2-1-3-9-7-17-13(15)16-12(9)11(8)6-10/h4-6,9,12H,1-3,7H2,(H2,15,16). The van der Waals surface area contributed by atoms with Crippen LogP contribution in [0.5, 0.6) is 0 Å². The number of thioether (sulfide) groups is 1. The van der Waals surface area contributed by atoms with Crippen molar-refractivity contribution >= 4 is 32.9 Å². The number of nitrogens with two attached hydrogens (primary N) is 1. The summed E-state index contributed by atoms with van der Waals surface area (Å²) in [6, 6.07) is 6.87. The molecule has 2 atom stereocenters. The van der Waals surface area contributed by atoms with Crippen LogP contribution in [0.2, 0.25) is 0 Å². The van der Waals surface area contributed by atoms with E-state index in [1.807, 2.05) is 0 Å². The molecule has 0 saturated heterocycles. The number of hydrogen-bond acceptors (Lipinski definition) is 3. The summed E-state index contributed by atoms with van der Waals surface area (Å²) < 4.78 is 1.14. The minimum absolute atomic E-state index is 0.284. The van der Waals surface area contributed by atoms with Gasteiger partial charge in [0, 0.05) is 10.2 Å². The Morgan fingerprint density at radius 1 is 1.41 bits per heavy atom. The molecule has 3 rings (SSSR count). The molecule has 4 heteroatoms. The summed E-state index contributed by atoms with van der Waals surface area (Å²) in [6.45, 7) is 0. The van der Waals surface area contributed by atoms with Gasteiger partial charge in [0.15, 0.2) is 5.17 Å². The number of nitrogens with zero attached hydrogens (tertiary/aromatic N) is 1. The molecule has 1 aromatic rings. The van der Waals surface area contributed by atoms with Crippen LogP contribution >= 0.6 is 27.7 Å². The molecule has 2 N–H and O–H groups in total. The van der Waals surface area contributed by atoms with E-state index in [0.29, 0.717) is 5.92 Å². The lowest BCUT2D eigenvalue weighted by atomic mass is 9.92. The number of hydrogen-bond donors (Lipinski definition) is 1. The zero-order valence-electron chi connectivity index (χ0n) is 9.53. The van der Waals surface area contributed by atoms with Crippen LogP contribution in [-0.2, 0) is 6.42 Å². The fourth-order valence-electron chi connectivity index (χ4n) is 2.75. The average molecular weight is 311 g/mol. The summed E-state index contributed by atoms with van der Waals surface area (Å²) in [7, 11) is 0. The van der Waals surface area contributed by atoms with Gasteiger partial charge in [-0.05, 0) is 48.4 Å². The highest BCUT2D eigenvalue weighted by Crippen LogP contribution is 2.41. The van der Waals surface area contributed by atoms with Crippen LogP contribution in [0.1, 0.15) is 30.0 Å². The summed E-state index contributed by atoms with van der Waals surface area (Å²) >= 11 is 5.27. The molecule has 1 aromatic carbocycles. The van der Waals surface area contributed by atoms with Crippen molar-refractivity contribution < 1.29 is 0 Å². The Hall–Kier alpha value is -0.480. The van der Waals surface area contributed by atoms with Crippen molar-refractivity contribution in [2.24, 2.45) is 16.6 Å². The fraction of sp³-hybridized carbons (Fsp3) is 0.462. The second-order valence-electron chi connectivity index (χ2n) is 4.72. The Morgan fingerprint density at radius 3 is 3.18 bits per heavy atom. The number of aliphatic imine (C=N–C) groups is 1. The Morgan fingerprint density at radius 2 is 2.29 bits per heavy atom. The van der Waals surface area contributed by atoms with E-state index in [0.717, 1.165) is 15.4 Å². The average Bonchev–Trinajstić information content (AvgIpc) is 2.48. The number of amidine groups is 1. The van der Waals surface area contributed by atoms with Crippen LogP contribution in [0, 0.1) is 5.92 Å². The third-order valence-corrected chi connectivity index (χ3v) is 5.09. The maximum atomic E-state index is 5.89. The third kappa shape index (κ3) is 2.25. The summed E-state index contributed by atoms with van der Waals surface area (Å²) in [5.74, 6) is 1.77. The van der Waals surface area contributed by atoms with Gasteiger partial charge in [-0.3, -0.25) is 4.99 Å². The SMILES string of the molecule is NC1=NC2c3cc(Br)ccc3CCCC2CS1. The quantitative estimate of drug-likeness (QED) is 0.796. The highest BCUT2D eigenvalue weighted by atomic mass is 79.9. The van der Waals surface area contributed by atoms with Crippen molar-refractivity contribution in [3.05, 3.63) is 33.8 Å². The van der Waals surface area contributed by atoms with Crippen molar-refractivity contribution in [3.8, 4) is 0 Å². The Balaban J connectivity index is 2.09. The van der Waals surface area contributed by atoms with Crippen LogP contribution in [-0.4, -0.2) is 10.9 Å². The maximum absolute atomic E-state index is 5.89. The second-order valence-corrected chi connectivity index (χ2v) is 6.67. The molecule has 2 aliphatic rings. The van der Waals surface area contributed by atoms with Gasteiger partial charge in [0.2, 0.25) is 0 Å². The molecule has 2 unspecified atom stereocenters. The molecule has 0 saturated carbocycles. The van der Waals surface area contributed by atoms with Gasteiger partial charge < -0.3 is 5.73 Å². The monoisotopic (exact) mass is 310 g/mol. The predicted molar refractivity (Wildman–Crippen MR) is 77.4 cm³/mol. The first-order valence-corrected chi connectivity index (χ1v) is 7.76. The van der Waals surface area contributed by atoms with E-state index in [1.54, 1.807) is 11.8 Å². The van der Waals surface area contributed by atoms with Gasteiger partial charge in [0.1, 0.15) is 0 Å². The summed E-state index contributed by atoms with van der Waals surface area (Å²) in [5, 5.41) is 0.749. The number of rotatable bonds is 0. The van der Waals surface area contributed by atoms with Crippen LogP contribution in [0.4, 0.5) is 0 Å². The number of halogens is 1. The summed E-state index contributed by atoms with van der Waals surface area (Å²) in [5.41, 5.74) is 8.72. The number of benzene rings is 1. The lowest BCUT2D eigenvalue weighted by molar-refractivity contribution is 0.448. The second kappa shape index (κ2) is 4.65. The van der Waals surface area contributed by atoms with Gasteiger partial charge in [-0.2, -0.15) is 0 Å². The lowest BCUT2D eigenvalue weighted by Gasteiger charge is -2.27. The molecule has 1 aliphatic carbocycles. The molecule has 0 radical (unpaired) electrons. The van der Waals surface area contributed by atoms with E-state index in [1.165, 1.54) is 30.4 Å². The zero-order valence-corrected chi connectivity index (χ0v) is 11.9. The fourth-order valence-corrected chi connectivity index (χ4v) is 4.05. The molecule has 90 valence electrons. The highest BCUT2D eigenvalue weighted by molar-refractivity contribution is 9.10. The molecular formula is C13H15BrN2S. The van der Waals surface area contributed by atoms with Crippen LogP contribution in [0.25, 0.3) is 0 Å². The van der Waals surface area contributed by atoms with Crippen molar-refractivity contribution in [1.82, 2.24) is 0 Å². The lowest BCUT2D eigenvalue weighted by Crippen LogP contribution is -2.24. The van der Waals surface area contributed by atoms with Gasteiger partial charge >= 0.3 is 0 Å². The van der Waals surface area contributed by atoms with E-state index in [4.69, 9.17) is 5.73 Å². The molecule has 1 heterocycles. The van der Waals surface area contributed by atoms with E-state index in [2.05, 4.69) is 39.1 Å². The predicted octanol–water partition coefficient (Wildman–Crippen LogP) is 3.50. The van der Waals surface area contributed by atoms with Gasteiger partial charge in [-0.1, -0.05) is 33.8 Å². The largest absolute Gasteiger partial charge is 0.379 e. The van der Waals surface area contributed by atoms with Crippen LogP contribution in [0.3, 0.4) is 0 Å². The van der Waals surface area contributed by atoms with E-state index >= 15 is 0 Å². The van der Waals surface area contributed by atoms with Crippen molar-refractivity contribution in [2.75, 3.05) is 5.75 Å². The first kappa shape index (κ1) is 11.6.